The van der Waals surface area contributed by atoms with Crippen molar-refractivity contribution in [2.24, 2.45) is 0 Å². The molecule has 0 atom stereocenters. The van der Waals surface area contributed by atoms with Crippen molar-refractivity contribution in [3.8, 4) is 5.75 Å². The van der Waals surface area contributed by atoms with Crippen LogP contribution in [0.1, 0.15) is 18.1 Å². The molecule has 0 unspecified atom stereocenters. The Hall–Kier alpha value is -2.43. The number of alkyl halides is 3. The number of benzene rings is 2. The number of nitrogens with zero attached hydrogens (tertiary/aromatic N) is 1. The maximum absolute atomic E-state index is 12.5. The summed E-state index contributed by atoms with van der Waals surface area (Å²) in [4.78, 5) is 0. The van der Waals surface area contributed by atoms with Crippen LogP contribution in [0.15, 0.2) is 54.7 Å². The Morgan fingerprint density at radius 3 is 2.35 bits per heavy atom. The molecular formula is C18H16F3NO. The summed E-state index contributed by atoms with van der Waals surface area (Å²) in [5.74, 6) is 0.423. The van der Waals surface area contributed by atoms with Gasteiger partial charge in [-0.15, -0.1) is 0 Å². The van der Waals surface area contributed by atoms with Crippen LogP contribution in [0.25, 0.3) is 10.9 Å². The minimum Gasteiger partial charge on any atom is -0.489 e. The lowest BCUT2D eigenvalue weighted by Gasteiger charge is -2.09. The van der Waals surface area contributed by atoms with Crippen molar-refractivity contribution in [1.82, 2.24) is 4.57 Å². The minimum atomic E-state index is -4.33. The van der Waals surface area contributed by atoms with Gasteiger partial charge < -0.3 is 9.30 Å². The standard InChI is InChI=1S/C18H16F3NO/c1-2-22-11-13(16-5-3-4-6-17(16)22)12-23-15-9-7-14(8-10-15)18(19,20)21/h3-11H,2,12H2,1H3. The minimum absolute atomic E-state index is 0.318. The Balaban J connectivity index is 1.78. The van der Waals surface area contributed by atoms with Gasteiger partial charge in [0.25, 0.3) is 0 Å². The molecule has 0 saturated carbocycles. The molecule has 0 amide bonds. The molecule has 0 fully saturated rings. The molecule has 120 valence electrons. The number of hydrogen-bond donors (Lipinski definition) is 0. The Bertz CT molecular complexity index is 803. The third-order valence-corrected chi connectivity index (χ3v) is 3.79. The summed E-state index contributed by atoms with van der Waals surface area (Å²) in [5, 5.41) is 1.10. The summed E-state index contributed by atoms with van der Waals surface area (Å²) in [5.41, 5.74) is 1.47. The topological polar surface area (TPSA) is 14.2 Å². The molecule has 0 bridgehead atoms. The van der Waals surface area contributed by atoms with Crippen LogP contribution in [0.5, 0.6) is 5.75 Å². The first-order chi connectivity index (χ1) is 11.0. The number of fused-ring (bicyclic) bond motifs is 1. The maximum atomic E-state index is 12.5. The van der Waals surface area contributed by atoms with Crippen molar-refractivity contribution in [1.29, 1.82) is 0 Å². The average Bonchev–Trinajstić information content (AvgIpc) is 2.91. The smallest absolute Gasteiger partial charge is 0.416 e. The van der Waals surface area contributed by atoms with Crippen LogP contribution in [0.3, 0.4) is 0 Å². The van der Waals surface area contributed by atoms with Crippen molar-refractivity contribution in [3.63, 3.8) is 0 Å². The zero-order chi connectivity index (χ0) is 16.4. The van der Waals surface area contributed by atoms with Gasteiger partial charge in [-0.2, -0.15) is 13.2 Å². The van der Waals surface area contributed by atoms with Crippen LogP contribution >= 0.6 is 0 Å². The molecule has 0 aliphatic carbocycles. The molecule has 1 aromatic heterocycles. The highest BCUT2D eigenvalue weighted by Gasteiger charge is 2.30. The Morgan fingerprint density at radius 2 is 1.70 bits per heavy atom. The average molecular weight is 319 g/mol. The predicted molar refractivity (Wildman–Crippen MR) is 83.4 cm³/mol. The molecule has 0 aliphatic heterocycles. The molecule has 2 nitrogen and oxygen atoms in total. The van der Waals surface area contributed by atoms with Crippen LogP contribution in [0.2, 0.25) is 0 Å². The van der Waals surface area contributed by atoms with Gasteiger partial charge in [-0.1, -0.05) is 18.2 Å². The number of rotatable bonds is 4. The van der Waals surface area contributed by atoms with E-state index in [-0.39, 0.29) is 0 Å². The van der Waals surface area contributed by atoms with Crippen molar-refractivity contribution >= 4 is 10.9 Å². The van der Waals surface area contributed by atoms with Gasteiger partial charge in [-0.25, -0.2) is 0 Å². The van der Waals surface area contributed by atoms with E-state index in [1.54, 1.807) is 0 Å². The third kappa shape index (κ3) is 3.18. The second-order valence-electron chi connectivity index (χ2n) is 5.27. The Morgan fingerprint density at radius 1 is 1.00 bits per heavy atom. The monoisotopic (exact) mass is 319 g/mol. The molecule has 0 aliphatic rings. The molecule has 1 heterocycles. The summed E-state index contributed by atoms with van der Waals surface area (Å²) >= 11 is 0. The van der Waals surface area contributed by atoms with Gasteiger partial charge in [0.1, 0.15) is 12.4 Å². The summed E-state index contributed by atoms with van der Waals surface area (Å²) in [6.45, 7) is 3.23. The molecule has 0 spiro atoms. The van der Waals surface area contributed by atoms with Crippen molar-refractivity contribution in [2.45, 2.75) is 26.3 Å². The quantitative estimate of drug-likeness (QED) is 0.640. The number of ether oxygens (including phenoxy) is 1. The van der Waals surface area contributed by atoms with E-state index in [1.165, 1.54) is 12.1 Å². The van der Waals surface area contributed by atoms with Gasteiger partial charge in [-0.3, -0.25) is 0 Å². The molecule has 0 saturated heterocycles. The van der Waals surface area contributed by atoms with Crippen LogP contribution in [0.4, 0.5) is 13.2 Å². The van der Waals surface area contributed by atoms with Gasteiger partial charge in [-0.05, 0) is 37.3 Å². The number of aromatic nitrogens is 1. The number of aryl methyl sites for hydroxylation is 1. The van der Waals surface area contributed by atoms with E-state index in [2.05, 4.69) is 11.5 Å². The van der Waals surface area contributed by atoms with E-state index in [1.807, 2.05) is 30.5 Å². The molecular weight excluding hydrogens is 303 g/mol. The van der Waals surface area contributed by atoms with E-state index in [4.69, 9.17) is 4.74 Å². The summed E-state index contributed by atoms with van der Waals surface area (Å²) in [6, 6.07) is 12.8. The van der Waals surface area contributed by atoms with Gasteiger partial charge in [0.2, 0.25) is 0 Å². The van der Waals surface area contributed by atoms with Crippen LogP contribution in [-0.2, 0) is 19.3 Å². The highest BCUT2D eigenvalue weighted by atomic mass is 19.4. The van der Waals surface area contributed by atoms with Crippen molar-refractivity contribution in [3.05, 3.63) is 65.9 Å². The van der Waals surface area contributed by atoms with Gasteiger partial charge >= 0.3 is 6.18 Å². The molecule has 2 aromatic carbocycles. The van der Waals surface area contributed by atoms with Crippen molar-refractivity contribution < 1.29 is 17.9 Å². The number of para-hydroxylation sites is 1. The second-order valence-corrected chi connectivity index (χ2v) is 5.27. The van der Waals surface area contributed by atoms with Crippen LogP contribution < -0.4 is 4.74 Å². The highest BCUT2D eigenvalue weighted by Crippen LogP contribution is 2.30. The van der Waals surface area contributed by atoms with Gasteiger partial charge in [0.05, 0.1) is 5.56 Å². The molecule has 5 heteroatoms. The third-order valence-electron chi connectivity index (χ3n) is 3.79. The van der Waals surface area contributed by atoms with Crippen LogP contribution in [0, 0.1) is 0 Å². The zero-order valence-electron chi connectivity index (χ0n) is 12.6. The molecule has 23 heavy (non-hydrogen) atoms. The fourth-order valence-electron chi connectivity index (χ4n) is 2.60. The first-order valence-corrected chi connectivity index (χ1v) is 7.36. The van der Waals surface area contributed by atoms with E-state index in [0.29, 0.717) is 12.4 Å². The summed E-state index contributed by atoms with van der Waals surface area (Å²) < 4.78 is 45.4. The molecule has 0 radical (unpaired) electrons. The molecule has 0 N–H and O–H groups in total. The first kappa shape index (κ1) is 15.5. The first-order valence-electron chi connectivity index (χ1n) is 7.36. The van der Waals surface area contributed by atoms with E-state index in [0.717, 1.165) is 35.1 Å². The fraction of sp³-hybridized carbons (Fsp3) is 0.222. The van der Waals surface area contributed by atoms with Gasteiger partial charge in [0.15, 0.2) is 0 Å². The van der Waals surface area contributed by atoms with Crippen LogP contribution in [-0.4, -0.2) is 4.57 Å². The Kier molecular flexibility index (Phi) is 4.03. The molecule has 3 aromatic rings. The number of hydrogen-bond acceptors (Lipinski definition) is 1. The van der Waals surface area contributed by atoms with Gasteiger partial charge in [0, 0.05) is 29.2 Å². The largest absolute Gasteiger partial charge is 0.489 e. The lowest BCUT2D eigenvalue weighted by atomic mass is 10.2. The normalized spacial score (nSPS) is 11.8. The highest BCUT2D eigenvalue weighted by molar-refractivity contribution is 5.83. The lowest BCUT2D eigenvalue weighted by Crippen LogP contribution is -2.04. The molecule has 3 rings (SSSR count). The predicted octanol–water partition coefficient (Wildman–Crippen LogP) is 5.26. The summed E-state index contributed by atoms with van der Waals surface area (Å²) in [7, 11) is 0. The fourth-order valence-corrected chi connectivity index (χ4v) is 2.60. The SMILES string of the molecule is CCn1cc(COc2ccc(C(F)(F)F)cc2)c2ccccc21. The van der Waals surface area contributed by atoms with Crippen molar-refractivity contribution in [2.75, 3.05) is 0 Å². The summed E-state index contributed by atoms with van der Waals surface area (Å²) in [6.07, 6.45) is -2.30. The van der Waals surface area contributed by atoms with E-state index < -0.39 is 11.7 Å². The second kappa shape index (κ2) is 5.99. The zero-order valence-corrected chi connectivity index (χ0v) is 12.6. The lowest BCUT2D eigenvalue weighted by molar-refractivity contribution is -0.137. The Labute approximate surface area is 132 Å². The number of halogens is 3. The van der Waals surface area contributed by atoms with E-state index >= 15 is 0 Å². The van der Waals surface area contributed by atoms with E-state index in [9.17, 15) is 13.2 Å². The maximum Gasteiger partial charge on any atom is 0.416 e.